The summed E-state index contributed by atoms with van der Waals surface area (Å²) in [6, 6.07) is 5.91. The zero-order chi connectivity index (χ0) is 13.1. The molecule has 0 fully saturated rings. The molecule has 1 unspecified atom stereocenters. The number of nitrogens with one attached hydrogen (secondary N) is 1. The van der Waals surface area contributed by atoms with Gasteiger partial charge in [-0.1, -0.05) is 6.07 Å². The molecule has 0 amide bonds. The first kappa shape index (κ1) is 15.1. The highest BCUT2D eigenvalue weighted by atomic mass is 79.9. The molecule has 0 bridgehead atoms. The van der Waals surface area contributed by atoms with E-state index in [1.54, 1.807) is 0 Å². The normalized spacial score (nSPS) is 13.6. The molecule has 0 heterocycles. The molecule has 96 valence electrons. The van der Waals surface area contributed by atoms with Crippen LogP contribution in [0.3, 0.4) is 0 Å². The van der Waals surface area contributed by atoms with E-state index in [0.717, 1.165) is 14.5 Å². The molecule has 6 heteroatoms. The molecule has 1 atom stereocenters. The third kappa shape index (κ3) is 5.99. The van der Waals surface area contributed by atoms with E-state index in [0.29, 0.717) is 6.54 Å². The van der Waals surface area contributed by atoms with Crippen LogP contribution in [0.15, 0.2) is 27.1 Å². The minimum Gasteiger partial charge on any atom is -0.309 e. The number of benzene rings is 1. The molecule has 0 saturated heterocycles. The van der Waals surface area contributed by atoms with Crippen LogP contribution in [0.1, 0.15) is 12.5 Å². The first-order valence-corrected chi connectivity index (χ1v) is 8.77. The molecule has 1 aromatic carbocycles. The lowest BCUT2D eigenvalue weighted by Gasteiger charge is -2.13. The average Bonchev–Trinajstić information content (AvgIpc) is 2.17. The van der Waals surface area contributed by atoms with Gasteiger partial charge >= 0.3 is 0 Å². The Bertz CT molecular complexity index is 488. The van der Waals surface area contributed by atoms with Crippen molar-refractivity contribution in [3.63, 3.8) is 0 Å². The summed E-state index contributed by atoms with van der Waals surface area (Å²) in [5.74, 6) is 0.157. The molecule has 17 heavy (non-hydrogen) atoms. The summed E-state index contributed by atoms with van der Waals surface area (Å²) in [4.78, 5) is 0. The van der Waals surface area contributed by atoms with Crippen LogP contribution in [0, 0.1) is 0 Å². The van der Waals surface area contributed by atoms with Gasteiger partial charge in [-0.05, 0) is 56.5 Å². The van der Waals surface area contributed by atoms with Gasteiger partial charge in [-0.25, -0.2) is 8.42 Å². The Morgan fingerprint density at radius 2 is 1.94 bits per heavy atom. The molecule has 3 nitrogen and oxygen atoms in total. The zero-order valence-corrected chi connectivity index (χ0v) is 13.7. The Hall–Kier alpha value is 0.0900. The third-order valence-corrected chi connectivity index (χ3v) is 5.18. The number of rotatable bonds is 5. The summed E-state index contributed by atoms with van der Waals surface area (Å²) in [5, 5.41) is 3.19. The van der Waals surface area contributed by atoms with E-state index in [4.69, 9.17) is 0 Å². The molecule has 1 N–H and O–H groups in total. The molecule has 0 saturated carbocycles. The van der Waals surface area contributed by atoms with Gasteiger partial charge in [0, 0.05) is 27.8 Å². The average molecular weight is 385 g/mol. The van der Waals surface area contributed by atoms with Gasteiger partial charge < -0.3 is 5.32 Å². The largest absolute Gasteiger partial charge is 0.309 e. The number of hydrogen-bond donors (Lipinski definition) is 1. The summed E-state index contributed by atoms with van der Waals surface area (Å²) in [7, 11) is -2.92. The van der Waals surface area contributed by atoms with E-state index in [-0.39, 0.29) is 11.8 Å². The fourth-order valence-corrected chi connectivity index (χ4v) is 3.15. The molecule has 0 aliphatic rings. The van der Waals surface area contributed by atoms with Crippen LogP contribution in [0.4, 0.5) is 0 Å². The van der Waals surface area contributed by atoms with Crippen molar-refractivity contribution in [1.82, 2.24) is 5.32 Å². The second-order valence-corrected chi connectivity index (χ2v) is 8.02. The molecule has 0 aromatic heterocycles. The Kier molecular flexibility index (Phi) is 5.63. The first-order chi connectivity index (χ1) is 7.78. The monoisotopic (exact) mass is 383 g/mol. The van der Waals surface area contributed by atoms with Crippen molar-refractivity contribution in [3.8, 4) is 0 Å². The molecule has 0 aliphatic heterocycles. The van der Waals surface area contributed by atoms with Crippen LogP contribution in [0.2, 0.25) is 0 Å². The zero-order valence-electron chi connectivity index (χ0n) is 9.70. The maximum atomic E-state index is 11.1. The van der Waals surface area contributed by atoms with Crippen LogP contribution < -0.4 is 5.32 Å². The van der Waals surface area contributed by atoms with Crippen molar-refractivity contribution in [2.24, 2.45) is 0 Å². The highest BCUT2D eigenvalue weighted by Crippen LogP contribution is 2.23. The van der Waals surface area contributed by atoms with Crippen LogP contribution in [-0.2, 0) is 16.4 Å². The Morgan fingerprint density at radius 1 is 1.29 bits per heavy atom. The van der Waals surface area contributed by atoms with Crippen molar-refractivity contribution < 1.29 is 8.42 Å². The first-order valence-electron chi connectivity index (χ1n) is 5.13. The topological polar surface area (TPSA) is 46.2 Å². The molecule has 0 aliphatic carbocycles. The predicted molar refractivity (Wildman–Crippen MR) is 77.9 cm³/mol. The van der Waals surface area contributed by atoms with Gasteiger partial charge in [0.1, 0.15) is 9.84 Å². The standard InChI is InChI=1S/C11H15Br2NO2S/c1-8(7-17(2,15)16)14-6-9-3-4-10(12)11(13)5-9/h3-5,8,14H,6-7H2,1-2H3. The van der Waals surface area contributed by atoms with E-state index in [9.17, 15) is 8.42 Å². The number of sulfone groups is 1. The minimum absolute atomic E-state index is 0.0487. The van der Waals surface area contributed by atoms with E-state index >= 15 is 0 Å². The molecular weight excluding hydrogens is 370 g/mol. The van der Waals surface area contributed by atoms with E-state index in [2.05, 4.69) is 37.2 Å². The van der Waals surface area contributed by atoms with Gasteiger partial charge in [-0.3, -0.25) is 0 Å². The third-order valence-electron chi connectivity index (χ3n) is 2.19. The maximum Gasteiger partial charge on any atom is 0.148 e. The van der Waals surface area contributed by atoms with Crippen LogP contribution >= 0.6 is 31.9 Å². The van der Waals surface area contributed by atoms with Crippen molar-refractivity contribution in [2.75, 3.05) is 12.0 Å². The highest BCUT2D eigenvalue weighted by Gasteiger charge is 2.09. The highest BCUT2D eigenvalue weighted by molar-refractivity contribution is 9.13. The maximum absolute atomic E-state index is 11.1. The van der Waals surface area contributed by atoms with Crippen molar-refractivity contribution in [1.29, 1.82) is 0 Å². The van der Waals surface area contributed by atoms with Crippen LogP contribution in [-0.4, -0.2) is 26.5 Å². The van der Waals surface area contributed by atoms with Crippen LogP contribution in [0.5, 0.6) is 0 Å². The molecule has 1 rings (SSSR count). The van der Waals surface area contributed by atoms with E-state index in [1.807, 2.05) is 25.1 Å². The van der Waals surface area contributed by atoms with Crippen molar-refractivity contribution in [2.45, 2.75) is 19.5 Å². The lowest BCUT2D eigenvalue weighted by atomic mass is 10.2. The van der Waals surface area contributed by atoms with Gasteiger partial charge in [-0.2, -0.15) is 0 Å². The Balaban J connectivity index is 2.53. The van der Waals surface area contributed by atoms with Gasteiger partial charge in [0.05, 0.1) is 5.75 Å². The second kappa shape index (κ2) is 6.31. The van der Waals surface area contributed by atoms with E-state index in [1.165, 1.54) is 6.26 Å². The minimum atomic E-state index is -2.92. The molecule has 0 radical (unpaired) electrons. The quantitative estimate of drug-likeness (QED) is 0.848. The number of halogens is 2. The lowest BCUT2D eigenvalue weighted by Crippen LogP contribution is -2.32. The fraction of sp³-hybridized carbons (Fsp3) is 0.455. The van der Waals surface area contributed by atoms with Crippen molar-refractivity contribution >= 4 is 41.7 Å². The van der Waals surface area contributed by atoms with E-state index < -0.39 is 9.84 Å². The summed E-state index contributed by atoms with van der Waals surface area (Å²) in [6.45, 7) is 2.53. The van der Waals surface area contributed by atoms with Gasteiger partial charge in [0.2, 0.25) is 0 Å². The Morgan fingerprint density at radius 3 is 2.47 bits per heavy atom. The summed E-state index contributed by atoms with van der Waals surface area (Å²) < 4.78 is 24.2. The molecule has 0 spiro atoms. The lowest BCUT2D eigenvalue weighted by molar-refractivity contribution is 0.560. The van der Waals surface area contributed by atoms with Gasteiger partial charge in [0.15, 0.2) is 0 Å². The summed E-state index contributed by atoms with van der Waals surface area (Å²) in [6.07, 6.45) is 1.25. The number of hydrogen-bond acceptors (Lipinski definition) is 3. The summed E-state index contributed by atoms with van der Waals surface area (Å²) >= 11 is 6.83. The van der Waals surface area contributed by atoms with Crippen molar-refractivity contribution in [3.05, 3.63) is 32.7 Å². The fourth-order valence-electron chi connectivity index (χ4n) is 1.45. The SMILES string of the molecule is CC(CS(C)(=O)=O)NCc1ccc(Br)c(Br)c1. The second-order valence-electron chi connectivity index (χ2n) is 4.12. The predicted octanol–water partition coefficient (Wildman–Crippen LogP) is 2.73. The van der Waals surface area contributed by atoms with Gasteiger partial charge in [0.25, 0.3) is 0 Å². The van der Waals surface area contributed by atoms with Gasteiger partial charge in [-0.15, -0.1) is 0 Å². The molecular formula is C11H15Br2NO2S. The van der Waals surface area contributed by atoms with Crippen LogP contribution in [0.25, 0.3) is 0 Å². The smallest absolute Gasteiger partial charge is 0.148 e. The Labute approximate surface area is 119 Å². The molecule has 1 aromatic rings. The summed E-state index contributed by atoms with van der Waals surface area (Å²) in [5.41, 5.74) is 1.11.